The molecule has 2 nitrogen and oxygen atoms in total. The van der Waals surface area contributed by atoms with Crippen LogP contribution in [0, 0.1) is 5.41 Å². The average Bonchev–Trinajstić information content (AvgIpc) is 2.27. The molecule has 0 N–H and O–H groups in total. The second-order valence-corrected chi connectivity index (χ2v) is 6.76. The largest absolute Gasteiger partial charge is 0.309 e. The summed E-state index contributed by atoms with van der Waals surface area (Å²) in [6.45, 7) is 7.31. The molecule has 0 radical (unpaired) electrons. The minimum Gasteiger partial charge on any atom is -0.309 e. The van der Waals surface area contributed by atoms with Crippen LogP contribution in [0.5, 0.6) is 0 Å². The molecule has 2 heteroatoms. The summed E-state index contributed by atoms with van der Waals surface area (Å²) < 4.78 is 0. The summed E-state index contributed by atoms with van der Waals surface area (Å²) in [6.07, 6.45) is 1.53. The highest BCUT2D eigenvalue weighted by Gasteiger charge is 2.25. The fourth-order valence-corrected chi connectivity index (χ4v) is 2.23. The minimum absolute atomic E-state index is 0.0304. The van der Waals surface area contributed by atoms with Crippen LogP contribution in [-0.2, 0) is 4.79 Å². The normalized spacial score (nSPS) is 13.6. The molecule has 0 heterocycles. The van der Waals surface area contributed by atoms with E-state index in [0.717, 1.165) is 18.5 Å². The molecule has 0 aliphatic carbocycles. The Morgan fingerprint density at radius 2 is 1.74 bits per heavy atom. The van der Waals surface area contributed by atoms with Gasteiger partial charge >= 0.3 is 0 Å². The van der Waals surface area contributed by atoms with E-state index >= 15 is 0 Å². The number of benzene rings is 1. The van der Waals surface area contributed by atoms with Gasteiger partial charge in [-0.05, 0) is 38.0 Å². The van der Waals surface area contributed by atoms with Gasteiger partial charge in [0.1, 0.15) is 5.78 Å². The van der Waals surface area contributed by atoms with Crippen LogP contribution in [0.1, 0.15) is 45.1 Å². The summed E-state index contributed by atoms with van der Waals surface area (Å²) in [6, 6.07) is 10.2. The molecule has 1 aromatic carbocycles. The first-order chi connectivity index (χ1) is 8.79. The van der Waals surface area contributed by atoms with Crippen LogP contribution in [-0.4, -0.2) is 31.3 Å². The van der Waals surface area contributed by atoms with Crippen molar-refractivity contribution < 1.29 is 4.79 Å². The number of carbonyl (C=O) groups excluding carboxylic acids is 1. The van der Waals surface area contributed by atoms with Gasteiger partial charge in [0.2, 0.25) is 0 Å². The van der Waals surface area contributed by atoms with E-state index in [1.807, 2.05) is 18.2 Å². The van der Waals surface area contributed by atoms with E-state index in [4.69, 9.17) is 0 Å². The van der Waals surface area contributed by atoms with E-state index in [0.29, 0.717) is 12.2 Å². The van der Waals surface area contributed by atoms with Crippen molar-refractivity contribution in [2.24, 2.45) is 5.41 Å². The van der Waals surface area contributed by atoms with Crippen LogP contribution < -0.4 is 0 Å². The van der Waals surface area contributed by atoms with Gasteiger partial charge in [-0.25, -0.2) is 0 Å². The lowest BCUT2D eigenvalue weighted by atomic mass is 9.82. The number of hydrogen-bond acceptors (Lipinski definition) is 2. The number of ketones is 1. The third-order valence-corrected chi connectivity index (χ3v) is 3.16. The highest BCUT2D eigenvalue weighted by molar-refractivity contribution is 5.86. The Morgan fingerprint density at radius 3 is 2.21 bits per heavy atom. The molecule has 106 valence electrons. The first-order valence-corrected chi connectivity index (χ1v) is 7.02. The molecule has 0 saturated carbocycles. The molecule has 1 aromatic rings. The van der Waals surface area contributed by atoms with E-state index in [1.54, 1.807) is 0 Å². The van der Waals surface area contributed by atoms with Gasteiger partial charge in [0.25, 0.3) is 0 Å². The van der Waals surface area contributed by atoms with Gasteiger partial charge < -0.3 is 4.90 Å². The van der Waals surface area contributed by atoms with Gasteiger partial charge in [-0.1, -0.05) is 51.1 Å². The molecule has 0 saturated heterocycles. The van der Waals surface area contributed by atoms with E-state index in [-0.39, 0.29) is 11.3 Å². The lowest BCUT2D eigenvalue weighted by Crippen LogP contribution is -2.23. The number of hydrogen-bond donors (Lipinski definition) is 0. The van der Waals surface area contributed by atoms with Crippen LogP contribution in [0.25, 0.3) is 0 Å². The molecular weight excluding hydrogens is 234 g/mol. The van der Waals surface area contributed by atoms with Crippen molar-refractivity contribution in [2.45, 2.75) is 39.5 Å². The summed E-state index contributed by atoms with van der Waals surface area (Å²) in [5.41, 5.74) is 1.21. The van der Waals surface area contributed by atoms with Crippen molar-refractivity contribution in [3.05, 3.63) is 35.9 Å². The summed E-state index contributed by atoms with van der Waals surface area (Å²) in [5, 5.41) is 0. The van der Waals surface area contributed by atoms with Gasteiger partial charge in [0.15, 0.2) is 0 Å². The zero-order chi connectivity index (χ0) is 14.5. The third-order valence-electron chi connectivity index (χ3n) is 3.16. The second kappa shape index (κ2) is 6.85. The fraction of sp³-hybridized carbons (Fsp3) is 0.588. The lowest BCUT2D eigenvalue weighted by molar-refractivity contribution is -0.122. The Balaban J connectivity index is 2.83. The van der Waals surface area contributed by atoms with Crippen LogP contribution in [0.4, 0.5) is 0 Å². The zero-order valence-electron chi connectivity index (χ0n) is 12.9. The Labute approximate surface area is 117 Å². The summed E-state index contributed by atoms with van der Waals surface area (Å²) in [7, 11) is 4.10. The van der Waals surface area contributed by atoms with Gasteiger partial charge in [-0.15, -0.1) is 0 Å². The van der Waals surface area contributed by atoms with E-state index in [1.165, 1.54) is 0 Å². The van der Waals surface area contributed by atoms with Crippen LogP contribution >= 0.6 is 0 Å². The molecule has 0 aliphatic rings. The highest BCUT2D eigenvalue weighted by Crippen LogP contribution is 2.28. The standard InChI is InChI=1S/C17H27NO/c1-17(2,3)13-16(19)15(11-12-18(4)5)14-9-7-6-8-10-14/h6-10,15H,11-13H2,1-5H3. The van der Waals surface area contributed by atoms with Crippen molar-refractivity contribution >= 4 is 5.78 Å². The summed E-state index contributed by atoms with van der Waals surface area (Å²) in [4.78, 5) is 14.7. The average molecular weight is 261 g/mol. The Bertz CT molecular complexity index is 389. The molecule has 0 fully saturated rings. The fourth-order valence-electron chi connectivity index (χ4n) is 2.23. The first-order valence-electron chi connectivity index (χ1n) is 7.02. The van der Waals surface area contributed by atoms with Gasteiger partial charge in [-0.2, -0.15) is 0 Å². The molecule has 1 atom stereocenters. The third kappa shape index (κ3) is 6.02. The predicted octanol–water partition coefficient (Wildman–Crippen LogP) is 3.73. The molecule has 1 rings (SSSR count). The van der Waals surface area contributed by atoms with Gasteiger partial charge in [0.05, 0.1) is 0 Å². The molecule has 0 bridgehead atoms. The van der Waals surface area contributed by atoms with Crippen molar-refractivity contribution in [3.63, 3.8) is 0 Å². The number of carbonyl (C=O) groups is 1. The van der Waals surface area contributed by atoms with Crippen LogP contribution in [0.2, 0.25) is 0 Å². The Morgan fingerprint density at radius 1 is 1.16 bits per heavy atom. The van der Waals surface area contributed by atoms with E-state index in [9.17, 15) is 4.79 Å². The molecule has 0 aromatic heterocycles. The predicted molar refractivity (Wildman–Crippen MR) is 81.4 cm³/mol. The molecule has 0 amide bonds. The smallest absolute Gasteiger partial charge is 0.140 e. The maximum atomic E-state index is 12.6. The minimum atomic E-state index is 0.0304. The molecule has 19 heavy (non-hydrogen) atoms. The molecule has 1 unspecified atom stereocenters. The number of rotatable bonds is 6. The Kier molecular flexibility index (Phi) is 5.74. The van der Waals surface area contributed by atoms with E-state index < -0.39 is 0 Å². The number of nitrogens with zero attached hydrogens (tertiary/aromatic N) is 1. The molecular formula is C17H27NO. The zero-order valence-corrected chi connectivity index (χ0v) is 12.9. The SMILES string of the molecule is CN(C)CCC(C(=O)CC(C)(C)C)c1ccccc1. The van der Waals surface area contributed by atoms with Crippen molar-refractivity contribution in [3.8, 4) is 0 Å². The summed E-state index contributed by atoms with van der Waals surface area (Å²) >= 11 is 0. The van der Waals surface area contributed by atoms with Crippen LogP contribution in [0.3, 0.4) is 0 Å². The highest BCUT2D eigenvalue weighted by atomic mass is 16.1. The van der Waals surface area contributed by atoms with Crippen molar-refractivity contribution in [1.82, 2.24) is 4.90 Å². The van der Waals surface area contributed by atoms with Gasteiger partial charge in [0, 0.05) is 12.3 Å². The van der Waals surface area contributed by atoms with Crippen LogP contribution in [0.15, 0.2) is 30.3 Å². The summed E-state index contributed by atoms with van der Waals surface area (Å²) in [5.74, 6) is 0.392. The maximum Gasteiger partial charge on any atom is 0.140 e. The molecule has 0 spiro atoms. The molecule has 0 aliphatic heterocycles. The first kappa shape index (κ1) is 15.9. The number of Topliss-reactive ketones (excluding diaryl/α,β-unsaturated/α-hetero) is 1. The van der Waals surface area contributed by atoms with Gasteiger partial charge in [-0.3, -0.25) is 4.79 Å². The Hall–Kier alpha value is -1.15. The van der Waals surface area contributed by atoms with Crippen molar-refractivity contribution in [2.75, 3.05) is 20.6 Å². The van der Waals surface area contributed by atoms with Crippen molar-refractivity contribution in [1.29, 1.82) is 0 Å². The maximum absolute atomic E-state index is 12.6. The van der Waals surface area contributed by atoms with E-state index in [2.05, 4.69) is 51.9 Å². The monoisotopic (exact) mass is 261 g/mol. The second-order valence-electron chi connectivity index (χ2n) is 6.76. The quantitative estimate of drug-likeness (QED) is 0.777. The lowest BCUT2D eigenvalue weighted by Gasteiger charge is -2.23. The topological polar surface area (TPSA) is 20.3 Å².